The lowest BCUT2D eigenvalue weighted by Crippen LogP contribution is -2.24. The summed E-state index contributed by atoms with van der Waals surface area (Å²) in [4.78, 5) is 12.4. The monoisotopic (exact) mass is 280 g/mol. The summed E-state index contributed by atoms with van der Waals surface area (Å²) >= 11 is 4.78. The molecule has 5 nitrogen and oxygen atoms in total. The van der Waals surface area contributed by atoms with Crippen molar-refractivity contribution >= 4 is 23.1 Å². The van der Waals surface area contributed by atoms with Crippen LogP contribution in [0.4, 0.5) is 0 Å². The van der Waals surface area contributed by atoms with Gasteiger partial charge in [0.15, 0.2) is 11.5 Å². The second-order valence-corrected chi connectivity index (χ2v) is 4.77. The zero-order valence-electron chi connectivity index (χ0n) is 10.5. The van der Waals surface area contributed by atoms with Crippen molar-refractivity contribution in [1.29, 1.82) is 0 Å². The van der Waals surface area contributed by atoms with E-state index in [1.165, 1.54) is 0 Å². The molecule has 1 heterocycles. The Morgan fingerprint density at radius 1 is 1.32 bits per heavy atom. The molecule has 0 saturated heterocycles. The van der Waals surface area contributed by atoms with Gasteiger partial charge in [0.1, 0.15) is 0 Å². The molecule has 0 atom stereocenters. The van der Waals surface area contributed by atoms with Crippen molar-refractivity contribution in [2.24, 2.45) is 5.73 Å². The Balaban J connectivity index is 1.78. The Hall–Kier alpha value is -1.82. The molecule has 1 amide bonds. The van der Waals surface area contributed by atoms with E-state index in [0.717, 1.165) is 19.3 Å². The Morgan fingerprint density at radius 2 is 2.11 bits per heavy atom. The molecule has 0 radical (unpaired) electrons. The number of benzene rings is 1. The summed E-state index contributed by atoms with van der Waals surface area (Å²) in [7, 11) is 0. The normalized spacial score (nSPS) is 12.2. The number of thiocarbonyl (C=S) groups is 1. The highest BCUT2D eigenvalue weighted by Crippen LogP contribution is 2.32. The van der Waals surface area contributed by atoms with Gasteiger partial charge in [0.2, 0.25) is 6.79 Å². The number of amides is 1. The molecule has 2 rings (SSSR count). The van der Waals surface area contributed by atoms with Crippen molar-refractivity contribution in [2.45, 2.75) is 19.3 Å². The van der Waals surface area contributed by atoms with Crippen molar-refractivity contribution < 1.29 is 14.3 Å². The average Bonchev–Trinajstić information content (AvgIpc) is 2.84. The fourth-order valence-electron chi connectivity index (χ4n) is 1.77. The number of fused-ring (bicyclic) bond motifs is 1. The zero-order valence-corrected chi connectivity index (χ0v) is 11.3. The van der Waals surface area contributed by atoms with Gasteiger partial charge in [-0.1, -0.05) is 12.2 Å². The summed E-state index contributed by atoms with van der Waals surface area (Å²) in [5.41, 5.74) is 5.96. The highest BCUT2D eigenvalue weighted by Gasteiger charge is 2.15. The summed E-state index contributed by atoms with van der Waals surface area (Å²) in [6, 6.07) is 5.15. The van der Waals surface area contributed by atoms with E-state index < -0.39 is 0 Å². The smallest absolute Gasteiger partial charge is 0.251 e. The van der Waals surface area contributed by atoms with Gasteiger partial charge in [-0.2, -0.15) is 0 Å². The Labute approximate surface area is 117 Å². The van der Waals surface area contributed by atoms with Crippen LogP contribution in [0.2, 0.25) is 0 Å². The van der Waals surface area contributed by atoms with Crippen LogP contribution in [0.3, 0.4) is 0 Å². The molecule has 6 heteroatoms. The van der Waals surface area contributed by atoms with E-state index in [4.69, 9.17) is 27.4 Å². The molecule has 19 heavy (non-hydrogen) atoms. The number of carbonyl (C=O) groups is 1. The molecule has 0 saturated carbocycles. The van der Waals surface area contributed by atoms with Crippen LogP contribution in [-0.2, 0) is 0 Å². The first-order chi connectivity index (χ1) is 9.16. The first-order valence-electron chi connectivity index (χ1n) is 6.13. The zero-order chi connectivity index (χ0) is 13.7. The van der Waals surface area contributed by atoms with Crippen LogP contribution >= 0.6 is 12.2 Å². The molecule has 0 unspecified atom stereocenters. The van der Waals surface area contributed by atoms with E-state index >= 15 is 0 Å². The van der Waals surface area contributed by atoms with Crippen molar-refractivity contribution in [3.8, 4) is 11.5 Å². The maximum absolute atomic E-state index is 11.9. The van der Waals surface area contributed by atoms with Crippen molar-refractivity contribution in [3.05, 3.63) is 23.8 Å². The van der Waals surface area contributed by atoms with Gasteiger partial charge in [-0.05, 0) is 37.5 Å². The number of rotatable bonds is 6. The molecule has 0 fully saturated rings. The number of hydrogen-bond acceptors (Lipinski definition) is 4. The van der Waals surface area contributed by atoms with Crippen molar-refractivity contribution in [2.75, 3.05) is 13.3 Å². The summed E-state index contributed by atoms with van der Waals surface area (Å²) < 4.78 is 10.4. The van der Waals surface area contributed by atoms with E-state index in [1.807, 2.05) is 0 Å². The van der Waals surface area contributed by atoms with Crippen molar-refractivity contribution in [3.63, 3.8) is 0 Å². The molecule has 1 aromatic carbocycles. The first kappa shape index (κ1) is 13.6. The fraction of sp³-hybridized carbons (Fsp3) is 0.385. The lowest BCUT2D eigenvalue weighted by molar-refractivity contribution is 0.0952. The SMILES string of the molecule is NC(=S)CCCCNC(=O)c1ccc2c(c1)OCO2. The van der Waals surface area contributed by atoms with Crippen LogP contribution in [0, 0.1) is 0 Å². The first-order valence-corrected chi connectivity index (χ1v) is 6.54. The van der Waals surface area contributed by atoms with Crippen LogP contribution < -0.4 is 20.5 Å². The number of ether oxygens (including phenoxy) is 2. The van der Waals surface area contributed by atoms with Crippen LogP contribution in [0.5, 0.6) is 11.5 Å². The average molecular weight is 280 g/mol. The van der Waals surface area contributed by atoms with Crippen LogP contribution in [0.15, 0.2) is 18.2 Å². The number of carbonyl (C=O) groups excluding carboxylic acids is 1. The highest BCUT2D eigenvalue weighted by atomic mass is 32.1. The third-order valence-electron chi connectivity index (χ3n) is 2.77. The highest BCUT2D eigenvalue weighted by molar-refractivity contribution is 7.80. The molecule has 102 valence electrons. The van der Waals surface area contributed by atoms with Gasteiger partial charge in [0.05, 0.1) is 4.99 Å². The van der Waals surface area contributed by atoms with Crippen LogP contribution in [-0.4, -0.2) is 24.2 Å². The van der Waals surface area contributed by atoms with E-state index in [1.54, 1.807) is 18.2 Å². The predicted molar refractivity (Wildman–Crippen MR) is 75.5 cm³/mol. The lowest BCUT2D eigenvalue weighted by Gasteiger charge is -2.05. The van der Waals surface area contributed by atoms with Gasteiger partial charge in [0, 0.05) is 12.1 Å². The molecular weight excluding hydrogens is 264 g/mol. The van der Waals surface area contributed by atoms with Crippen molar-refractivity contribution in [1.82, 2.24) is 5.32 Å². The second kappa shape index (κ2) is 6.38. The molecule has 3 N–H and O–H groups in total. The third-order valence-corrected chi connectivity index (χ3v) is 2.97. The summed E-state index contributed by atoms with van der Waals surface area (Å²) in [5.74, 6) is 1.17. The molecule has 1 aliphatic heterocycles. The molecule has 1 aliphatic rings. The topological polar surface area (TPSA) is 73.6 Å². The third kappa shape index (κ3) is 3.82. The second-order valence-electron chi connectivity index (χ2n) is 4.25. The minimum atomic E-state index is -0.117. The predicted octanol–water partition coefficient (Wildman–Crippen LogP) is 1.60. The molecule has 1 aromatic rings. The molecular formula is C13H16N2O3S. The molecule has 0 spiro atoms. The maximum Gasteiger partial charge on any atom is 0.251 e. The van der Waals surface area contributed by atoms with E-state index in [0.29, 0.717) is 28.6 Å². The molecule has 0 bridgehead atoms. The number of unbranched alkanes of at least 4 members (excludes halogenated alkanes) is 1. The maximum atomic E-state index is 11.9. The van der Waals surface area contributed by atoms with Gasteiger partial charge >= 0.3 is 0 Å². The summed E-state index contributed by atoms with van der Waals surface area (Å²) in [6.45, 7) is 0.815. The Kier molecular flexibility index (Phi) is 4.57. The number of nitrogens with two attached hydrogens (primary N) is 1. The van der Waals surface area contributed by atoms with Gasteiger partial charge in [-0.25, -0.2) is 0 Å². The van der Waals surface area contributed by atoms with Gasteiger partial charge < -0.3 is 20.5 Å². The van der Waals surface area contributed by atoms with E-state index in [9.17, 15) is 4.79 Å². The van der Waals surface area contributed by atoms with Gasteiger partial charge in [0.25, 0.3) is 5.91 Å². The number of hydrogen-bond donors (Lipinski definition) is 2. The summed E-state index contributed by atoms with van der Waals surface area (Å²) in [5, 5.41) is 2.84. The Bertz CT molecular complexity index is 491. The Morgan fingerprint density at radius 3 is 2.89 bits per heavy atom. The standard InChI is InChI=1S/C13H16N2O3S/c14-12(19)3-1-2-6-15-13(16)9-4-5-10-11(7-9)18-8-17-10/h4-5,7H,1-3,6,8H2,(H2,14,19)(H,15,16). The summed E-state index contributed by atoms with van der Waals surface area (Å²) in [6.07, 6.45) is 2.46. The van der Waals surface area contributed by atoms with Crippen LogP contribution in [0.1, 0.15) is 29.6 Å². The van der Waals surface area contributed by atoms with E-state index in [2.05, 4.69) is 5.32 Å². The lowest BCUT2D eigenvalue weighted by atomic mass is 10.2. The molecule has 0 aliphatic carbocycles. The van der Waals surface area contributed by atoms with Crippen LogP contribution in [0.25, 0.3) is 0 Å². The largest absolute Gasteiger partial charge is 0.454 e. The minimum absolute atomic E-state index is 0.117. The number of nitrogens with one attached hydrogen (secondary N) is 1. The minimum Gasteiger partial charge on any atom is -0.454 e. The quantitative estimate of drug-likeness (QED) is 0.611. The molecule has 0 aromatic heterocycles. The van der Waals surface area contributed by atoms with Gasteiger partial charge in [-0.15, -0.1) is 0 Å². The van der Waals surface area contributed by atoms with Gasteiger partial charge in [-0.3, -0.25) is 4.79 Å². The fourth-order valence-corrected chi connectivity index (χ4v) is 1.91. The van der Waals surface area contributed by atoms with E-state index in [-0.39, 0.29) is 12.7 Å².